The third kappa shape index (κ3) is 4.75. The Bertz CT molecular complexity index is 623. The molecule has 3 rings (SSSR count). The molecule has 0 aliphatic carbocycles. The predicted molar refractivity (Wildman–Crippen MR) is 103 cm³/mol. The molecule has 2 aliphatic rings. The van der Waals surface area contributed by atoms with Crippen LogP contribution in [0.15, 0.2) is 24.3 Å². The number of nitrogens with zero attached hydrogens (tertiary/aromatic N) is 3. The number of nitrogens with one attached hydrogen (secondary N) is 1. The lowest BCUT2D eigenvalue weighted by Gasteiger charge is -2.34. The van der Waals surface area contributed by atoms with Crippen LogP contribution >= 0.6 is 0 Å². The van der Waals surface area contributed by atoms with Crippen LogP contribution < -0.4 is 5.32 Å². The van der Waals surface area contributed by atoms with E-state index in [0.717, 1.165) is 57.5 Å². The highest BCUT2D eigenvalue weighted by Gasteiger charge is 2.31. The minimum atomic E-state index is -0.128. The van der Waals surface area contributed by atoms with Crippen LogP contribution in [0.1, 0.15) is 31.2 Å². The molecule has 0 bridgehead atoms. The number of piperidine rings is 1. The van der Waals surface area contributed by atoms with Gasteiger partial charge in [0.25, 0.3) is 0 Å². The number of carbonyl (C=O) groups excluding carboxylic acids is 2. The zero-order valence-corrected chi connectivity index (χ0v) is 15.9. The lowest BCUT2D eigenvalue weighted by molar-refractivity contribution is -0.121. The first kappa shape index (κ1) is 18.7. The Morgan fingerprint density at radius 1 is 1.04 bits per heavy atom. The SMILES string of the molecule is CN(C)Cc1ccc(NC(=O)C2CCCN(C(=O)N3CCCC3)C2)cc1. The summed E-state index contributed by atoms with van der Waals surface area (Å²) >= 11 is 0. The van der Waals surface area contributed by atoms with Crippen LogP contribution in [0, 0.1) is 5.92 Å². The first-order valence-corrected chi connectivity index (χ1v) is 9.61. The van der Waals surface area contributed by atoms with E-state index in [1.54, 1.807) is 0 Å². The van der Waals surface area contributed by atoms with Crippen LogP contribution in [0.25, 0.3) is 0 Å². The van der Waals surface area contributed by atoms with Crippen molar-refractivity contribution in [3.05, 3.63) is 29.8 Å². The summed E-state index contributed by atoms with van der Waals surface area (Å²) in [6.07, 6.45) is 3.91. The van der Waals surface area contributed by atoms with E-state index in [-0.39, 0.29) is 17.9 Å². The van der Waals surface area contributed by atoms with Crippen LogP contribution in [0.3, 0.4) is 0 Å². The van der Waals surface area contributed by atoms with Gasteiger partial charge < -0.3 is 20.0 Å². The summed E-state index contributed by atoms with van der Waals surface area (Å²) in [6.45, 7) is 3.87. The molecule has 2 saturated heterocycles. The average molecular weight is 358 g/mol. The molecular weight excluding hydrogens is 328 g/mol. The number of benzene rings is 1. The van der Waals surface area contributed by atoms with Crippen LogP contribution in [-0.4, -0.2) is 66.9 Å². The Morgan fingerprint density at radius 2 is 1.69 bits per heavy atom. The number of likely N-dealkylation sites (tertiary alicyclic amines) is 2. The number of rotatable bonds is 4. The van der Waals surface area contributed by atoms with Gasteiger partial charge in [-0.2, -0.15) is 0 Å². The molecule has 6 nitrogen and oxygen atoms in total. The Morgan fingerprint density at radius 3 is 2.35 bits per heavy atom. The van der Waals surface area contributed by atoms with Crippen LogP contribution in [-0.2, 0) is 11.3 Å². The molecule has 2 heterocycles. The van der Waals surface area contributed by atoms with Crippen molar-refractivity contribution >= 4 is 17.6 Å². The van der Waals surface area contributed by atoms with Crippen LogP contribution in [0.4, 0.5) is 10.5 Å². The van der Waals surface area contributed by atoms with E-state index in [9.17, 15) is 9.59 Å². The van der Waals surface area contributed by atoms with Gasteiger partial charge in [0.1, 0.15) is 0 Å². The summed E-state index contributed by atoms with van der Waals surface area (Å²) in [5.74, 6) is -0.110. The maximum atomic E-state index is 12.6. The summed E-state index contributed by atoms with van der Waals surface area (Å²) in [6, 6.07) is 8.09. The van der Waals surface area contributed by atoms with Gasteiger partial charge in [0.2, 0.25) is 5.91 Å². The highest BCUT2D eigenvalue weighted by molar-refractivity contribution is 5.93. The van der Waals surface area contributed by atoms with E-state index >= 15 is 0 Å². The second-order valence-electron chi connectivity index (χ2n) is 7.69. The summed E-state index contributed by atoms with van der Waals surface area (Å²) in [5, 5.41) is 3.02. The topological polar surface area (TPSA) is 55.9 Å². The fourth-order valence-corrected chi connectivity index (χ4v) is 3.78. The van der Waals surface area contributed by atoms with Crippen molar-refractivity contribution in [1.29, 1.82) is 0 Å². The number of amides is 3. The third-order valence-electron chi connectivity index (χ3n) is 5.16. The van der Waals surface area contributed by atoms with Gasteiger partial charge >= 0.3 is 6.03 Å². The molecule has 1 aromatic carbocycles. The lowest BCUT2D eigenvalue weighted by Crippen LogP contribution is -2.48. The first-order valence-electron chi connectivity index (χ1n) is 9.61. The first-order chi connectivity index (χ1) is 12.5. The van der Waals surface area contributed by atoms with Crippen molar-refractivity contribution in [2.75, 3.05) is 45.6 Å². The van der Waals surface area contributed by atoms with E-state index in [1.807, 2.05) is 48.2 Å². The Labute approximate surface area is 156 Å². The van der Waals surface area contributed by atoms with Gasteiger partial charge in [-0.05, 0) is 57.5 Å². The zero-order chi connectivity index (χ0) is 18.5. The van der Waals surface area contributed by atoms with Crippen molar-refractivity contribution in [2.24, 2.45) is 5.92 Å². The number of hydrogen-bond donors (Lipinski definition) is 1. The maximum absolute atomic E-state index is 12.6. The normalized spacial score (nSPS) is 20.5. The highest BCUT2D eigenvalue weighted by atomic mass is 16.2. The Hall–Kier alpha value is -2.08. The maximum Gasteiger partial charge on any atom is 0.320 e. The summed E-state index contributed by atoms with van der Waals surface area (Å²) in [5.41, 5.74) is 2.04. The molecule has 1 N–H and O–H groups in total. The number of urea groups is 1. The molecule has 0 radical (unpaired) electrons. The fraction of sp³-hybridized carbons (Fsp3) is 0.600. The van der Waals surface area contributed by atoms with E-state index in [1.165, 1.54) is 5.56 Å². The van der Waals surface area contributed by atoms with Crippen molar-refractivity contribution in [1.82, 2.24) is 14.7 Å². The van der Waals surface area contributed by atoms with E-state index < -0.39 is 0 Å². The highest BCUT2D eigenvalue weighted by Crippen LogP contribution is 2.21. The minimum Gasteiger partial charge on any atom is -0.326 e. The molecule has 1 aromatic rings. The van der Waals surface area contributed by atoms with Gasteiger partial charge in [0.15, 0.2) is 0 Å². The molecule has 2 aliphatic heterocycles. The largest absolute Gasteiger partial charge is 0.326 e. The van der Waals surface area contributed by atoms with Gasteiger partial charge in [-0.15, -0.1) is 0 Å². The van der Waals surface area contributed by atoms with Crippen molar-refractivity contribution in [3.63, 3.8) is 0 Å². The average Bonchev–Trinajstić information content (AvgIpc) is 3.17. The van der Waals surface area contributed by atoms with Crippen LogP contribution in [0.2, 0.25) is 0 Å². The molecule has 0 saturated carbocycles. The standard InChI is InChI=1S/C20H30N4O2/c1-22(2)14-16-7-9-18(10-8-16)21-19(25)17-6-5-13-24(15-17)20(26)23-11-3-4-12-23/h7-10,17H,3-6,11-15H2,1-2H3,(H,21,25). The smallest absolute Gasteiger partial charge is 0.320 e. The van der Waals surface area contributed by atoms with Crippen molar-refractivity contribution in [3.8, 4) is 0 Å². The summed E-state index contributed by atoms with van der Waals surface area (Å²) in [4.78, 5) is 31.1. The molecule has 1 atom stereocenters. The van der Waals surface area contributed by atoms with E-state index in [4.69, 9.17) is 0 Å². The zero-order valence-electron chi connectivity index (χ0n) is 15.9. The fourth-order valence-electron chi connectivity index (χ4n) is 3.78. The lowest BCUT2D eigenvalue weighted by atomic mass is 9.97. The Kier molecular flexibility index (Phi) is 6.14. The molecule has 0 spiro atoms. The van der Waals surface area contributed by atoms with E-state index in [2.05, 4.69) is 10.2 Å². The monoisotopic (exact) mass is 358 g/mol. The molecule has 6 heteroatoms. The summed E-state index contributed by atoms with van der Waals surface area (Å²) in [7, 11) is 4.07. The van der Waals surface area contributed by atoms with Gasteiger partial charge in [-0.25, -0.2) is 4.79 Å². The Balaban J connectivity index is 1.54. The van der Waals surface area contributed by atoms with Crippen molar-refractivity contribution in [2.45, 2.75) is 32.2 Å². The number of carbonyl (C=O) groups is 2. The second kappa shape index (κ2) is 8.54. The van der Waals surface area contributed by atoms with Crippen LogP contribution in [0.5, 0.6) is 0 Å². The molecule has 0 aromatic heterocycles. The molecule has 3 amide bonds. The van der Waals surface area contributed by atoms with E-state index in [0.29, 0.717) is 6.54 Å². The molecule has 1 unspecified atom stereocenters. The number of anilines is 1. The second-order valence-corrected chi connectivity index (χ2v) is 7.69. The summed E-state index contributed by atoms with van der Waals surface area (Å²) < 4.78 is 0. The van der Waals surface area contributed by atoms with Gasteiger partial charge in [0, 0.05) is 38.4 Å². The van der Waals surface area contributed by atoms with Gasteiger partial charge in [0.05, 0.1) is 5.92 Å². The van der Waals surface area contributed by atoms with Gasteiger partial charge in [-0.1, -0.05) is 12.1 Å². The van der Waals surface area contributed by atoms with Gasteiger partial charge in [-0.3, -0.25) is 4.79 Å². The molecule has 26 heavy (non-hydrogen) atoms. The third-order valence-corrected chi connectivity index (χ3v) is 5.16. The molecule has 142 valence electrons. The quantitative estimate of drug-likeness (QED) is 0.900. The number of hydrogen-bond acceptors (Lipinski definition) is 3. The van der Waals surface area contributed by atoms with Crippen molar-refractivity contribution < 1.29 is 9.59 Å². The molecule has 2 fully saturated rings. The predicted octanol–water partition coefficient (Wildman–Crippen LogP) is 2.61. The molecular formula is C20H30N4O2. The minimum absolute atomic E-state index is 0.0179.